The molecule has 116 valence electrons. The molecular weight excluding hydrogens is 308 g/mol. The molecule has 1 N–H and O–H groups in total. The lowest BCUT2D eigenvalue weighted by molar-refractivity contribution is 0.0895. The van der Waals surface area contributed by atoms with Crippen molar-refractivity contribution in [3.63, 3.8) is 0 Å². The number of benzene rings is 1. The van der Waals surface area contributed by atoms with Crippen LogP contribution in [0.5, 0.6) is 5.75 Å². The summed E-state index contributed by atoms with van der Waals surface area (Å²) in [5.74, 6) is 0.684. The summed E-state index contributed by atoms with van der Waals surface area (Å²) < 4.78 is 7.51. The molecule has 1 aliphatic heterocycles. The largest absolute Gasteiger partial charge is 0.490 e. The van der Waals surface area contributed by atoms with E-state index in [0.29, 0.717) is 42.4 Å². The van der Waals surface area contributed by atoms with E-state index in [0.717, 1.165) is 0 Å². The number of amides is 1. The van der Waals surface area contributed by atoms with Crippen LogP contribution >= 0.6 is 11.6 Å². The Bertz CT molecular complexity index is 654. The summed E-state index contributed by atoms with van der Waals surface area (Å²) in [7, 11) is 0. The molecule has 2 aromatic rings. The van der Waals surface area contributed by atoms with Crippen LogP contribution in [0.4, 0.5) is 4.79 Å². The highest BCUT2D eigenvalue weighted by atomic mass is 35.5. The first-order valence-electron chi connectivity index (χ1n) is 6.92. The molecule has 2 heterocycles. The lowest BCUT2D eigenvalue weighted by Gasteiger charge is -2.30. The number of carbonyl (C=O) groups is 1. The van der Waals surface area contributed by atoms with Crippen LogP contribution in [0, 0.1) is 0 Å². The summed E-state index contributed by atoms with van der Waals surface area (Å²) in [5.41, 5.74) is 0.694. The van der Waals surface area contributed by atoms with Gasteiger partial charge in [0.25, 0.3) is 0 Å². The minimum Gasteiger partial charge on any atom is -0.490 e. The molecule has 8 heteroatoms. The van der Waals surface area contributed by atoms with Crippen molar-refractivity contribution in [2.24, 2.45) is 0 Å². The normalized spacial score (nSPS) is 15.8. The molecule has 7 nitrogen and oxygen atoms in total. The van der Waals surface area contributed by atoms with Gasteiger partial charge in [-0.05, 0) is 12.1 Å². The molecule has 0 unspecified atom stereocenters. The number of nitrogens with zero attached hydrogens (tertiary/aromatic N) is 4. The van der Waals surface area contributed by atoms with E-state index >= 15 is 0 Å². The third kappa shape index (κ3) is 3.14. The van der Waals surface area contributed by atoms with Gasteiger partial charge < -0.3 is 14.7 Å². The third-order valence-electron chi connectivity index (χ3n) is 3.60. The zero-order chi connectivity index (χ0) is 15.5. The minimum absolute atomic E-state index is 0.000344. The second-order valence-electron chi connectivity index (χ2n) is 5.04. The van der Waals surface area contributed by atoms with Gasteiger partial charge in [-0.2, -0.15) is 5.10 Å². The van der Waals surface area contributed by atoms with Crippen LogP contribution in [0.25, 0.3) is 5.69 Å². The van der Waals surface area contributed by atoms with Gasteiger partial charge in [-0.1, -0.05) is 11.6 Å². The Kier molecular flexibility index (Phi) is 4.15. The molecule has 1 aromatic heterocycles. The molecule has 0 bridgehead atoms. The average Bonchev–Trinajstić information content (AvgIpc) is 3.04. The molecule has 0 spiro atoms. The van der Waals surface area contributed by atoms with Gasteiger partial charge in [0.05, 0.1) is 10.7 Å². The summed E-state index contributed by atoms with van der Waals surface area (Å²) in [4.78, 5) is 16.2. The summed E-state index contributed by atoms with van der Waals surface area (Å²) in [5, 5.41) is 13.6. The molecule has 0 saturated carbocycles. The molecule has 0 aliphatic carbocycles. The van der Waals surface area contributed by atoms with E-state index in [4.69, 9.17) is 21.4 Å². The molecule has 22 heavy (non-hydrogen) atoms. The van der Waals surface area contributed by atoms with E-state index in [1.807, 2.05) is 0 Å². The van der Waals surface area contributed by atoms with Crippen molar-refractivity contribution in [1.29, 1.82) is 0 Å². The van der Waals surface area contributed by atoms with Gasteiger partial charge in [0.1, 0.15) is 24.5 Å². The SMILES string of the molecule is O=C(O)N1CCC(Oc2ccc(Cl)c(-n3cncn3)c2)CC1. The van der Waals surface area contributed by atoms with E-state index in [9.17, 15) is 4.79 Å². The highest BCUT2D eigenvalue weighted by molar-refractivity contribution is 6.32. The minimum atomic E-state index is -0.876. The van der Waals surface area contributed by atoms with Crippen molar-refractivity contribution in [3.05, 3.63) is 35.9 Å². The fourth-order valence-electron chi connectivity index (χ4n) is 2.43. The predicted octanol–water partition coefficient (Wildman–Crippen LogP) is 2.44. The molecule has 1 aliphatic rings. The number of ether oxygens (including phenoxy) is 1. The van der Waals surface area contributed by atoms with Crippen LogP contribution in [0.3, 0.4) is 0 Å². The Hall–Kier alpha value is -2.28. The van der Waals surface area contributed by atoms with Crippen LogP contribution in [0.15, 0.2) is 30.9 Å². The number of carboxylic acid groups (broad SMARTS) is 1. The van der Waals surface area contributed by atoms with E-state index in [-0.39, 0.29) is 6.10 Å². The van der Waals surface area contributed by atoms with Gasteiger partial charge in [-0.25, -0.2) is 14.5 Å². The quantitative estimate of drug-likeness (QED) is 0.938. The number of hydrogen-bond donors (Lipinski definition) is 1. The number of hydrogen-bond acceptors (Lipinski definition) is 4. The molecule has 1 amide bonds. The third-order valence-corrected chi connectivity index (χ3v) is 3.92. The molecule has 1 saturated heterocycles. The lowest BCUT2D eigenvalue weighted by atomic mass is 10.1. The van der Waals surface area contributed by atoms with Crippen molar-refractivity contribution in [3.8, 4) is 11.4 Å². The second-order valence-corrected chi connectivity index (χ2v) is 5.45. The zero-order valence-corrected chi connectivity index (χ0v) is 12.5. The van der Waals surface area contributed by atoms with E-state index in [2.05, 4.69) is 10.1 Å². The van der Waals surface area contributed by atoms with Crippen LogP contribution in [0.2, 0.25) is 5.02 Å². The van der Waals surface area contributed by atoms with Gasteiger partial charge >= 0.3 is 6.09 Å². The fraction of sp³-hybridized carbons (Fsp3) is 0.357. The second kappa shape index (κ2) is 6.23. The Morgan fingerprint density at radius 1 is 1.36 bits per heavy atom. The average molecular weight is 323 g/mol. The Labute approximate surface area is 132 Å². The highest BCUT2D eigenvalue weighted by Gasteiger charge is 2.23. The molecule has 0 atom stereocenters. The first kappa shape index (κ1) is 14.6. The van der Waals surface area contributed by atoms with Crippen molar-refractivity contribution < 1.29 is 14.6 Å². The number of likely N-dealkylation sites (tertiary alicyclic amines) is 1. The molecule has 0 radical (unpaired) electrons. The predicted molar refractivity (Wildman–Crippen MR) is 79.6 cm³/mol. The van der Waals surface area contributed by atoms with E-state index in [1.165, 1.54) is 11.2 Å². The van der Waals surface area contributed by atoms with Gasteiger partial charge in [0.15, 0.2) is 0 Å². The van der Waals surface area contributed by atoms with Crippen LogP contribution in [0.1, 0.15) is 12.8 Å². The maximum Gasteiger partial charge on any atom is 0.407 e. The van der Waals surface area contributed by atoms with Crippen molar-refractivity contribution in [1.82, 2.24) is 19.7 Å². The van der Waals surface area contributed by atoms with E-state index < -0.39 is 6.09 Å². The van der Waals surface area contributed by atoms with Gasteiger partial charge in [0.2, 0.25) is 0 Å². The van der Waals surface area contributed by atoms with Gasteiger partial charge in [-0.3, -0.25) is 0 Å². The Morgan fingerprint density at radius 2 is 2.14 bits per heavy atom. The summed E-state index contributed by atoms with van der Waals surface area (Å²) >= 11 is 6.17. The number of halogens is 1. The Balaban J connectivity index is 1.69. The molecular formula is C14H15ClN4O3. The van der Waals surface area contributed by atoms with Crippen LogP contribution in [-0.2, 0) is 0 Å². The number of rotatable bonds is 3. The molecule has 1 aromatic carbocycles. The number of piperidine rings is 1. The monoisotopic (exact) mass is 322 g/mol. The molecule has 3 rings (SSSR count). The van der Waals surface area contributed by atoms with Crippen molar-refractivity contribution >= 4 is 17.7 Å². The first-order valence-corrected chi connectivity index (χ1v) is 7.30. The Morgan fingerprint density at radius 3 is 2.77 bits per heavy atom. The topological polar surface area (TPSA) is 80.5 Å². The lowest BCUT2D eigenvalue weighted by Crippen LogP contribution is -2.41. The smallest absolute Gasteiger partial charge is 0.407 e. The maximum absolute atomic E-state index is 10.9. The summed E-state index contributed by atoms with van der Waals surface area (Å²) in [6.45, 7) is 0.979. The van der Waals surface area contributed by atoms with Crippen LogP contribution in [-0.4, -0.2) is 50.1 Å². The van der Waals surface area contributed by atoms with Crippen LogP contribution < -0.4 is 4.74 Å². The van der Waals surface area contributed by atoms with Gasteiger partial charge in [-0.15, -0.1) is 0 Å². The van der Waals surface area contributed by atoms with E-state index in [1.54, 1.807) is 29.2 Å². The summed E-state index contributed by atoms with van der Waals surface area (Å²) in [6.07, 6.45) is 3.47. The number of aromatic nitrogens is 3. The highest BCUT2D eigenvalue weighted by Crippen LogP contribution is 2.27. The maximum atomic E-state index is 10.9. The van der Waals surface area contributed by atoms with Crippen molar-refractivity contribution in [2.45, 2.75) is 18.9 Å². The molecule has 1 fully saturated rings. The zero-order valence-electron chi connectivity index (χ0n) is 11.7. The van der Waals surface area contributed by atoms with Crippen molar-refractivity contribution in [2.75, 3.05) is 13.1 Å². The van der Waals surface area contributed by atoms with Gasteiger partial charge in [0, 0.05) is 32.0 Å². The first-order chi connectivity index (χ1) is 10.6. The summed E-state index contributed by atoms with van der Waals surface area (Å²) in [6, 6.07) is 5.35. The standard InChI is InChI=1S/C14H15ClN4O3/c15-12-2-1-11(7-13(12)19-9-16-8-17-19)22-10-3-5-18(6-4-10)14(20)21/h1-2,7-10H,3-6H2,(H,20,21). The fourth-order valence-corrected chi connectivity index (χ4v) is 2.64.